The van der Waals surface area contributed by atoms with Gasteiger partial charge in [0.2, 0.25) is 0 Å². The van der Waals surface area contributed by atoms with Crippen molar-refractivity contribution in [1.82, 2.24) is 4.90 Å². The number of amides is 1. The molecule has 0 spiro atoms. The molecule has 5 nitrogen and oxygen atoms in total. The van der Waals surface area contributed by atoms with Gasteiger partial charge in [0.1, 0.15) is 5.60 Å². The zero-order chi connectivity index (χ0) is 14.4. The summed E-state index contributed by atoms with van der Waals surface area (Å²) in [4.78, 5) is 21.6. The molecule has 1 rings (SSSR count). The molecule has 0 unspecified atom stereocenters. The standard InChI is InChI=1S/C12H23NO2.CH2O2/c1-11(2,3)15-10(14)13(5)9-8-12(4)6-7-12;2-1-3/h6-9H2,1-5H3;1H,(H,2,3). The molecular formula is C13H25NO4. The lowest BCUT2D eigenvalue weighted by molar-refractivity contribution is -0.122. The topological polar surface area (TPSA) is 66.8 Å². The van der Waals surface area contributed by atoms with Crippen molar-refractivity contribution >= 4 is 12.6 Å². The Morgan fingerprint density at radius 2 is 1.89 bits per heavy atom. The molecule has 1 aliphatic rings. The molecule has 0 aliphatic heterocycles. The number of carbonyl (C=O) groups is 2. The van der Waals surface area contributed by atoms with Gasteiger partial charge in [-0.2, -0.15) is 0 Å². The zero-order valence-electron chi connectivity index (χ0n) is 12.0. The number of hydrogen-bond acceptors (Lipinski definition) is 3. The first-order valence-corrected chi connectivity index (χ1v) is 6.15. The van der Waals surface area contributed by atoms with Crippen LogP contribution < -0.4 is 0 Å². The van der Waals surface area contributed by atoms with Crippen LogP contribution in [0.1, 0.15) is 47.0 Å². The van der Waals surface area contributed by atoms with Crippen molar-refractivity contribution in [2.45, 2.75) is 52.6 Å². The zero-order valence-corrected chi connectivity index (χ0v) is 12.0. The largest absolute Gasteiger partial charge is 0.483 e. The van der Waals surface area contributed by atoms with Crippen molar-refractivity contribution in [2.75, 3.05) is 13.6 Å². The molecule has 1 amide bonds. The van der Waals surface area contributed by atoms with Crippen LogP contribution in [0.4, 0.5) is 4.79 Å². The monoisotopic (exact) mass is 259 g/mol. The van der Waals surface area contributed by atoms with Gasteiger partial charge in [0.05, 0.1) is 0 Å². The molecule has 1 aliphatic carbocycles. The summed E-state index contributed by atoms with van der Waals surface area (Å²) >= 11 is 0. The summed E-state index contributed by atoms with van der Waals surface area (Å²) in [5.74, 6) is 0. The lowest BCUT2D eigenvalue weighted by atomic mass is 10.1. The smallest absolute Gasteiger partial charge is 0.410 e. The molecule has 1 N–H and O–H groups in total. The fraction of sp³-hybridized carbons (Fsp3) is 0.846. The number of ether oxygens (including phenoxy) is 1. The number of hydrogen-bond donors (Lipinski definition) is 1. The highest BCUT2D eigenvalue weighted by Crippen LogP contribution is 2.48. The van der Waals surface area contributed by atoms with Gasteiger partial charge in [0, 0.05) is 13.6 Å². The summed E-state index contributed by atoms with van der Waals surface area (Å²) in [5, 5.41) is 6.89. The first kappa shape index (κ1) is 16.7. The summed E-state index contributed by atoms with van der Waals surface area (Å²) < 4.78 is 5.27. The molecule has 0 aromatic carbocycles. The van der Waals surface area contributed by atoms with Gasteiger partial charge in [-0.1, -0.05) is 6.92 Å². The van der Waals surface area contributed by atoms with Crippen molar-refractivity contribution in [3.63, 3.8) is 0 Å². The van der Waals surface area contributed by atoms with Crippen molar-refractivity contribution in [3.05, 3.63) is 0 Å². The first-order valence-electron chi connectivity index (χ1n) is 6.15. The van der Waals surface area contributed by atoms with Crippen LogP contribution in [0.2, 0.25) is 0 Å². The number of nitrogens with zero attached hydrogens (tertiary/aromatic N) is 1. The maximum Gasteiger partial charge on any atom is 0.410 e. The Balaban J connectivity index is 0.000000873. The van der Waals surface area contributed by atoms with E-state index in [1.54, 1.807) is 11.9 Å². The summed E-state index contributed by atoms with van der Waals surface area (Å²) in [6.45, 7) is 8.49. The van der Waals surface area contributed by atoms with Crippen LogP contribution in [-0.4, -0.2) is 41.8 Å². The van der Waals surface area contributed by atoms with E-state index >= 15 is 0 Å². The lowest BCUT2D eigenvalue weighted by Gasteiger charge is -2.25. The average molecular weight is 259 g/mol. The second kappa shape index (κ2) is 6.61. The molecule has 0 aromatic heterocycles. The molecule has 5 heteroatoms. The molecule has 1 fully saturated rings. The van der Waals surface area contributed by atoms with Crippen LogP contribution in [-0.2, 0) is 9.53 Å². The molecule has 0 radical (unpaired) electrons. The third kappa shape index (κ3) is 7.92. The molecule has 1 saturated carbocycles. The van der Waals surface area contributed by atoms with Crippen LogP contribution >= 0.6 is 0 Å². The summed E-state index contributed by atoms with van der Waals surface area (Å²) in [7, 11) is 1.81. The fourth-order valence-electron chi connectivity index (χ4n) is 1.33. The van der Waals surface area contributed by atoms with E-state index in [9.17, 15) is 4.79 Å². The Morgan fingerprint density at radius 3 is 2.22 bits per heavy atom. The highest BCUT2D eigenvalue weighted by Gasteiger charge is 2.37. The van der Waals surface area contributed by atoms with Crippen LogP contribution in [0.3, 0.4) is 0 Å². The number of carbonyl (C=O) groups excluding carboxylic acids is 1. The van der Waals surface area contributed by atoms with E-state index in [0.29, 0.717) is 5.41 Å². The predicted octanol–water partition coefficient (Wildman–Crippen LogP) is 2.74. The summed E-state index contributed by atoms with van der Waals surface area (Å²) in [5.41, 5.74) is 0.102. The van der Waals surface area contributed by atoms with Crippen molar-refractivity contribution in [1.29, 1.82) is 0 Å². The Bertz CT molecular complexity index is 279. The van der Waals surface area contributed by atoms with Gasteiger partial charge in [-0.05, 0) is 45.4 Å². The third-order valence-electron chi connectivity index (χ3n) is 2.86. The van der Waals surface area contributed by atoms with Crippen LogP contribution in [0.15, 0.2) is 0 Å². The van der Waals surface area contributed by atoms with Crippen LogP contribution in [0.5, 0.6) is 0 Å². The van der Waals surface area contributed by atoms with Gasteiger partial charge in [0.15, 0.2) is 0 Å². The maximum atomic E-state index is 11.6. The van der Waals surface area contributed by atoms with Crippen molar-refractivity contribution in [3.8, 4) is 0 Å². The predicted molar refractivity (Wildman–Crippen MR) is 69.5 cm³/mol. The van der Waals surface area contributed by atoms with Gasteiger partial charge in [-0.25, -0.2) is 4.79 Å². The van der Waals surface area contributed by atoms with E-state index in [1.807, 2.05) is 20.8 Å². The van der Waals surface area contributed by atoms with Gasteiger partial charge in [-0.15, -0.1) is 0 Å². The molecule has 0 saturated heterocycles. The maximum absolute atomic E-state index is 11.6. The third-order valence-corrected chi connectivity index (χ3v) is 2.86. The quantitative estimate of drug-likeness (QED) is 0.791. The van der Waals surface area contributed by atoms with Crippen LogP contribution in [0.25, 0.3) is 0 Å². The molecule has 0 atom stereocenters. The molecule has 0 aromatic rings. The van der Waals surface area contributed by atoms with E-state index in [0.717, 1.165) is 13.0 Å². The SMILES string of the molecule is CN(CCC1(C)CC1)C(=O)OC(C)(C)C.O=CO. The molecule has 106 valence electrons. The lowest BCUT2D eigenvalue weighted by Crippen LogP contribution is -2.35. The number of rotatable bonds is 3. The van der Waals surface area contributed by atoms with E-state index in [1.165, 1.54) is 12.8 Å². The van der Waals surface area contributed by atoms with Crippen molar-refractivity contribution < 1.29 is 19.4 Å². The van der Waals surface area contributed by atoms with Gasteiger partial charge in [0.25, 0.3) is 6.47 Å². The second-order valence-electron chi connectivity index (χ2n) is 6.07. The van der Waals surface area contributed by atoms with E-state index < -0.39 is 5.60 Å². The van der Waals surface area contributed by atoms with Crippen LogP contribution in [0, 0.1) is 5.41 Å². The fourth-order valence-corrected chi connectivity index (χ4v) is 1.33. The Labute approximate surface area is 109 Å². The minimum Gasteiger partial charge on any atom is -0.483 e. The minimum atomic E-state index is -0.394. The molecular weight excluding hydrogens is 234 g/mol. The second-order valence-corrected chi connectivity index (χ2v) is 6.07. The average Bonchev–Trinajstić information content (AvgIpc) is 2.92. The molecule has 18 heavy (non-hydrogen) atoms. The minimum absolute atomic E-state index is 0.216. The highest BCUT2D eigenvalue weighted by molar-refractivity contribution is 5.67. The Kier molecular flexibility index (Phi) is 6.15. The number of carboxylic acid groups (broad SMARTS) is 1. The van der Waals surface area contributed by atoms with Gasteiger partial charge in [-0.3, -0.25) is 4.79 Å². The van der Waals surface area contributed by atoms with Gasteiger partial charge < -0.3 is 14.7 Å². The van der Waals surface area contributed by atoms with E-state index in [2.05, 4.69) is 6.92 Å². The summed E-state index contributed by atoms with van der Waals surface area (Å²) in [6.07, 6.45) is 3.47. The van der Waals surface area contributed by atoms with Gasteiger partial charge >= 0.3 is 6.09 Å². The normalized spacial score (nSPS) is 16.1. The molecule has 0 bridgehead atoms. The highest BCUT2D eigenvalue weighted by atomic mass is 16.6. The molecule has 0 heterocycles. The summed E-state index contributed by atoms with van der Waals surface area (Å²) in [6, 6.07) is 0. The van der Waals surface area contributed by atoms with E-state index in [-0.39, 0.29) is 12.6 Å². The Morgan fingerprint density at radius 1 is 1.44 bits per heavy atom. The first-order chi connectivity index (χ1) is 8.13. The van der Waals surface area contributed by atoms with Crippen molar-refractivity contribution in [2.24, 2.45) is 5.41 Å². The van der Waals surface area contributed by atoms with E-state index in [4.69, 9.17) is 14.6 Å². The Hall–Kier alpha value is -1.26.